The van der Waals surface area contributed by atoms with Crippen molar-refractivity contribution in [1.82, 2.24) is 5.32 Å². The van der Waals surface area contributed by atoms with E-state index in [0.29, 0.717) is 17.3 Å². The van der Waals surface area contributed by atoms with Gasteiger partial charge < -0.3 is 15.8 Å². The molecule has 1 atom stereocenters. The molecule has 0 aromatic heterocycles. The van der Waals surface area contributed by atoms with Gasteiger partial charge in [-0.15, -0.1) is 0 Å². The molecule has 1 unspecified atom stereocenters. The Labute approximate surface area is 112 Å². The third-order valence-corrected chi connectivity index (χ3v) is 2.99. The molecule has 0 spiro atoms. The molecule has 0 aliphatic rings. The van der Waals surface area contributed by atoms with Gasteiger partial charge in [-0.2, -0.15) is 0 Å². The molecule has 0 heterocycles. The molecule has 18 heavy (non-hydrogen) atoms. The monoisotopic (exact) mass is 270 g/mol. The Hall–Kier alpha value is -1.26. The van der Waals surface area contributed by atoms with Gasteiger partial charge in [0.25, 0.3) is 5.91 Å². The molecule has 3 N–H and O–H groups in total. The second-order valence-corrected chi connectivity index (χ2v) is 4.53. The molecular formula is C13H19ClN2O2. The van der Waals surface area contributed by atoms with E-state index in [1.807, 2.05) is 13.8 Å². The highest BCUT2D eigenvalue weighted by Crippen LogP contribution is 2.22. The Morgan fingerprint density at radius 1 is 1.56 bits per heavy atom. The van der Waals surface area contributed by atoms with Crippen LogP contribution < -0.4 is 15.8 Å². The van der Waals surface area contributed by atoms with Crippen LogP contribution in [0.1, 0.15) is 25.8 Å². The van der Waals surface area contributed by atoms with E-state index >= 15 is 0 Å². The summed E-state index contributed by atoms with van der Waals surface area (Å²) in [7, 11) is 0. The minimum atomic E-state index is -0.136. The quantitative estimate of drug-likeness (QED) is 0.832. The summed E-state index contributed by atoms with van der Waals surface area (Å²) in [6.07, 6.45) is 0.892. The predicted octanol–water partition coefficient (Wildman–Crippen LogP) is 2.09. The third kappa shape index (κ3) is 4.55. The largest absolute Gasteiger partial charge is 0.484 e. The van der Waals surface area contributed by atoms with Crippen LogP contribution in [0, 0.1) is 0 Å². The lowest BCUT2D eigenvalue weighted by Gasteiger charge is -2.12. The molecule has 5 heteroatoms. The van der Waals surface area contributed by atoms with E-state index in [2.05, 4.69) is 5.32 Å². The fourth-order valence-corrected chi connectivity index (χ4v) is 1.60. The van der Waals surface area contributed by atoms with E-state index in [-0.39, 0.29) is 18.6 Å². The molecule has 1 aromatic carbocycles. The van der Waals surface area contributed by atoms with Gasteiger partial charge in [0.1, 0.15) is 5.75 Å². The summed E-state index contributed by atoms with van der Waals surface area (Å²) >= 11 is 5.99. The molecule has 4 nitrogen and oxygen atoms in total. The van der Waals surface area contributed by atoms with Crippen LogP contribution in [-0.2, 0) is 11.3 Å². The fourth-order valence-electron chi connectivity index (χ4n) is 1.35. The number of halogens is 1. The zero-order valence-electron chi connectivity index (χ0n) is 10.7. The first-order chi connectivity index (χ1) is 8.56. The van der Waals surface area contributed by atoms with Gasteiger partial charge in [-0.25, -0.2) is 0 Å². The number of rotatable bonds is 6. The standard InChI is InChI=1S/C13H19ClN2O2/c1-3-9(2)16-13(17)8-18-11-5-4-10(7-15)12(14)6-11/h4-6,9H,3,7-8,15H2,1-2H3,(H,16,17). The Kier molecular flexibility index (Phi) is 5.95. The van der Waals surface area contributed by atoms with Crippen LogP contribution in [0.25, 0.3) is 0 Å². The van der Waals surface area contributed by atoms with Crippen LogP contribution in [-0.4, -0.2) is 18.6 Å². The molecule has 1 rings (SSSR count). The zero-order valence-corrected chi connectivity index (χ0v) is 11.5. The number of amides is 1. The summed E-state index contributed by atoms with van der Waals surface area (Å²) in [5.41, 5.74) is 6.36. The van der Waals surface area contributed by atoms with Gasteiger partial charge in [0, 0.05) is 17.6 Å². The molecule has 0 aliphatic carbocycles. The van der Waals surface area contributed by atoms with Gasteiger partial charge in [0.2, 0.25) is 0 Å². The highest BCUT2D eigenvalue weighted by Gasteiger charge is 2.07. The van der Waals surface area contributed by atoms with Gasteiger partial charge >= 0.3 is 0 Å². The predicted molar refractivity (Wildman–Crippen MR) is 72.7 cm³/mol. The van der Waals surface area contributed by atoms with Crippen molar-refractivity contribution >= 4 is 17.5 Å². The Bertz CT molecular complexity index is 410. The van der Waals surface area contributed by atoms with Crippen molar-refractivity contribution in [2.45, 2.75) is 32.9 Å². The lowest BCUT2D eigenvalue weighted by atomic mass is 10.2. The summed E-state index contributed by atoms with van der Waals surface area (Å²) in [5, 5.41) is 3.37. The average Bonchev–Trinajstić information content (AvgIpc) is 2.36. The number of ether oxygens (including phenoxy) is 1. The van der Waals surface area contributed by atoms with E-state index < -0.39 is 0 Å². The summed E-state index contributed by atoms with van der Waals surface area (Å²) in [4.78, 5) is 11.5. The molecule has 0 radical (unpaired) electrons. The van der Waals surface area contributed by atoms with Gasteiger partial charge in [-0.1, -0.05) is 24.6 Å². The Morgan fingerprint density at radius 3 is 2.83 bits per heavy atom. The normalized spacial score (nSPS) is 12.0. The summed E-state index contributed by atoms with van der Waals surface area (Å²) in [5.74, 6) is 0.430. The minimum Gasteiger partial charge on any atom is -0.484 e. The molecule has 0 fully saturated rings. The molecular weight excluding hydrogens is 252 g/mol. The van der Waals surface area contributed by atoms with Crippen LogP contribution in [0.2, 0.25) is 5.02 Å². The smallest absolute Gasteiger partial charge is 0.258 e. The van der Waals surface area contributed by atoms with E-state index in [1.165, 1.54) is 0 Å². The maximum absolute atomic E-state index is 11.5. The fraction of sp³-hybridized carbons (Fsp3) is 0.462. The number of carbonyl (C=O) groups is 1. The van der Waals surface area contributed by atoms with E-state index in [9.17, 15) is 4.79 Å². The molecule has 0 saturated heterocycles. The van der Waals surface area contributed by atoms with Crippen LogP contribution in [0.3, 0.4) is 0 Å². The maximum atomic E-state index is 11.5. The number of nitrogens with two attached hydrogens (primary N) is 1. The molecule has 100 valence electrons. The Balaban J connectivity index is 2.48. The van der Waals surface area contributed by atoms with Crippen LogP contribution in [0.5, 0.6) is 5.75 Å². The highest BCUT2D eigenvalue weighted by atomic mass is 35.5. The number of nitrogens with one attached hydrogen (secondary N) is 1. The lowest BCUT2D eigenvalue weighted by Crippen LogP contribution is -2.35. The summed E-state index contributed by atoms with van der Waals surface area (Å²) in [6.45, 7) is 4.33. The minimum absolute atomic E-state index is 0.0113. The van der Waals surface area contributed by atoms with Gasteiger partial charge in [0.05, 0.1) is 0 Å². The van der Waals surface area contributed by atoms with Crippen molar-refractivity contribution in [2.24, 2.45) is 5.73 Å². The lowest BCUT2D eigenvalue weighted by molar-refractivity contribution is -0.123. The molecule has 1 aromatic rings. The second kappa shape index (κ2) is 7.24. The van der Waals surface area contributed by atoms with Gasteiger partial charge in [0.15, 0.2) is 6.61 Å². The maximum Gasteiger partial charge on any atom is 0.258 e. The SMILES string of the molecule is CCC(C)NC(=O)COc1ccc(CN)c(Cl)c1. The number of carbonyl (C=O) groups excluding carboxylic acids is 1. The van der Waals surface area contributed by atoms with Crippen LogP contribution >= 0.6 is 11.6 Å². The number of hydrogen-bond donors (Lipinski definition) is 2. The van der Waals surface area contributed by atoms with Crippen molar-refractivity contribution in [3.8, 4) is 5.75 Å². The van der Waals surface area contributed by atoms with Crippen molar-refractivity contribution in [3.63, 3.8) is 0 Å². The van der Waals surface area contributed by atoms with E-state index in [0.717, 1.165) is 12.0 Å². The molecule has 0 saturated carbocycles. The van der Waals surface area contributed by atoms with Crippen LogP contribution in [0.15, 0.2) is 18.2 Å². The number of hydrogen-bond acceptors (Lipinski definition) is 3. The number of benzene rings is 1. The van der Waals surface area contributed by atoms with Crippen molar-refractivity contribution in [3.05, 3.63) is 28.8 Å². The topological polar surface area (TPSA) is 64.3 Å². The molecule has 1 amide bonds. The van der Waals surface area contributed by atoms with Crippen molar-refractivity contribution in [1.29, 1.82) is 0 Å². The summed E-state index contributed by atoms with van der Waals surface area (Å²) in [6, 6.07) is 5.37. The zero-order chi connectivity index (χ0) is 13.5. The first-order valence-corrected chi connectivity index (χ1v) is 6.35. The van der Waals surface area contributed by atoms with Gasteiger partial charge in [-0.3, -0.25) is 4.79 Å². The second-order valence-electron chi connectivity index (χ2n) is 4.12. The van der Waals surface area contributed by atoms with Crippen molar-refractivity contribution in [2.75, 3.05) is 6.61 Å². The Morgan fingerprint density at radius 2 is 2.28 bits per heavy atom. The van der Waals surface area contributed by atoms with E-state index in [4.69, 9.17) is 22.1 Å². The van der Waals surface area contributed by atoms with Crippen molar-refractivity contribution < 1.29 is 9.53 Å². The summed E-state index contributed by atoms with van der Waals surface area (Å²) < 4.78 is 5.36. The molecule has 0 bridgehead atoms. The van der Waals surface area contributed by atoms with Crippen LogP contribution in [0.4, 0.5) is 0 Å². The third-order valence-electron chi connectivity index (χ3n) is 2.63. The van der Waals surface area contributed by atoms with E-state index in [1.54, 1.807) is 18.2 Å². The first-order valence-electron chi connectivity index (χ1n) is 5.97. The first kappa shape index (κ1) is 14.8. The molecule has 0 aliphatic heterocycles. The average molecular weight is 271 g/mol. The van der Waals surface area contributed by atoms with Gasteiger partial charge in [-0.05, 0) is 31.0 Å². The highest BCUT2D eigenvalue weighted by molar-refractivity contribution is 6.31.